The Bertz CT molecular complexity index is 76.2. The van der Waals surface area contributed by atoms with Crippen molar-refractivity contribution < 1.29 is 4.12 Å². The summed E-state index contributed by atoms with van der Waals surface area (Å²) in [5, 5.41) is 0. The Labute approximate surface area is 133 Å². The van der Waals surface area contributed by atoms with E-state index in [1.165, 1.54) is 0 Å². The van der Waals surface area contributed by atoms with Gasteiger partial charge in [0, 0.05) is 0 Å². The van der Waals surface area contributed by atoms with Crippen LogP contribution in [-0.4, -0.2) is 1.61 Å². The highest BCUT2D eigenvalue weighted by atomic mass is 127. The minimum atomic E-state index is -1.34. The molecule has 0 fully saturated rings. The molecule has 9 heteroatoms. The van der Waals surface area contributed by atoms with Crippen molar-refractivity contribution in [3.8, 4) is 0 Å². The molecule has 0 rings (SSSR count). The van der Waals surface area contributed by atoms with Gasteiger partial charge in [-0.25, -0.2) is 0 Å². The summed E-state index contributed by atoms with van der Waals surface area (Å²) in [6.07, 6.45) is 0. The predicted octanol–water partition coefficient (Wildman–Crippen LogP) is 4.48. The van der Waals surface area contributed by atoms with Gasteiger partial charge in [0.15, 0.2) is 0 Å². The van der Waals surface area contributed by atoms with E-state index >= 15 is 0 Å². The van der Waals surface area contributed by atoms with Crippen LogP contribution < -0.4 is 0 Å². The summed E-state index contributed by atoms with van der Waals surface area (Å²) in [6, 6.07) is 0. The summed E-state index contributed by atoms with van der Waals surface area (Å²) in [4.78, 5) is 0. The Hall–Kier alpha value is 4.77. The van der Waals surface area contributed by atoms with Gasteiger partial charge < -0.3 is 4.12 Å². The van der Waals surface area contributed by atoms with Gasteiger partial charge in [0.05, 0.1) is 0 Å². The van der Waals surface area contributed by atoms with Crippen LogP contribution in [0.5, 0.6) is 0 Å². The van der Waals surface area contributed by atoms with Crippen LogP contribution in [0.4, 0.5) is 0 Å². The zero-order valence-corrected chi connectivity index (χ0v) is 18.6. The highest BCUT2D eigenvalue weighted by Gasteiger charge is 2.36. The minimum Gasteiger partial charge on any atom is -0.411 e. The zero-order valence-electron chi connectivity index (χ0n) is 3.68. The standard InChI is InChI=1S/I6OSi2/c1-8(2,3)7-9(4,5)6. The van der Waals surface area contributed by atoms with Gasteiger partial charge in [0.2, 0.25) is 0 Å². The second kappa shape index (κ2) is 5.61. The first-order valence-electron chi connectivity index (χ1n) is 1.54. The highest BCUT2D eigenvalue weighted by molar-refractivity contribution is 14.4. The smallest absolute Gasteiger partial charge is 0.383 e. The van der Waals surface area contributed by atoms with Gasteiger partial charge in [-0.05, 0) is 0 Å². The van der Waals surface area contributed by atoms with E-state index < -0.39 is 1.61 Å². The van der Waals surface area contributed by atoms with E-state index in [0.717, 1.165) is 0 Å². The molecule has 0 heterocycles. The molecule has 0 aliphatic carbocycles. The van der Waals surface area contributed by atoms with Crippen LogP contribution in [0.15, 0.2) is 0 Å². The molecule has 0 unspecified atom stereocenters. The van der Waals surface area contributed by atoms with E-state index in [-0.39, 0.29) is 0 Å². The molecule has 0 radical (unpaired) electrons. The van der Waals surface area contributed by atoms with Gasteiger partial charge in [-0.15, -0.1) is 0 Å². The van der Waals surface area contributed by atoms with Gasteiger partial charge in [0.25, 0.3) is 0 Å². The number of hydrogen-bond donors (Lipinski definition) is 0. The molecule has 0 bridgehead atoms. The topological polar surface area (TPSA) is 9.23 Å². The molecule has 0 amide bonds. The Morgan fingerprint density at radius 3 is 0.889 bits per heavy atom. The fourth-order valence-electron chi connectivity index (χ4n) is 0.131. The number of rotatable bonds is 2. The first kappa shape index (κ1) is 13.8. The minimum absolute atomic E-state index is 1.34. The van der Waals surface area contributed by atoms with Gasteiger partial charge in [-0.1, -0.05) is 131 Å². The summed E-state index contributed by atoms with van der Waals surface area (Å²) in [5.74, 6) is 0. The molecule has 56 valence electrons. The molecule has 0 aliphatic rings. The van der Waals surface area contributed by atoms with E-state index in [1.54, 1.807) is 0 Å². The lowest BCUT2D eigenvalue weighted by Gasteiger charge is -2.17. The molecule has 0 aliphatic heterocycles. The van der Waals surface area contributed by atoms with Crippen molar-refractivity contribution in [1.82, 2.24) is 0 Å². The maximum atomic E-state index is 5.82. The fourth-order valence-corrected chi connectivity index (χ4v) is 53.1. The molecule has 0 atom stereocenters. The Morgan fingerprint density at radius 2 is 0.889 bits per heavy atom. The second-order valence-electron chi connectivity index (χ2n) is 0.994. The lowest BCUT2D eigenvalue weighted by molar-refractivity contribution is 0.673. The number of halogens is 6. The van der Waals surface area contributed by atoms with Crippen LogP contribution >= 0.6 is 131 Å². The van der Waals surface area contributed by atoms with Crippen LogP contribution in [0.25, 0.3) is 0 Å². The third-order valence-corrected chi connectivity index (χ3v) is 14.0. The van der Waals surface area contributed by atoms with Crippen molar-refractivity contribution >= 4 is 132 Å². The third-order valence-electron chi connectivity index (χ3n) is 0.231. The van der Waals surface area contributed by atoms with E-state index in [0.29, 0.717) is 0 Å². The van der Waals surface area contributed by atoms with Crippen LogP contribution in [0, 0.1) is 0 Å². The normalized spacial score (nSPS) is 14.0. The predicted molar refractivity (Wildman–Crippen MR) is 96.7 cm³/mol. The maximum absolute atomic E-state index is 5.82. The van der Waals surface area contributed by atoms with Crippen LogP contribution in [0.3, 0.4) is 0 Å². The maximum Gasteiger partial charge on any atom is 0.383 e. The summed E-state index contributed by atoms with van der Waals surface area (Å²) in [5.41, 5.74) is 0. The van der Waals surface area contributed by atoms with Crippen LogP contribution in [0.1, 0.15) is 0 Å². The average Bonchev–Trinajstić information content (AvgIpc) is 1.14. The molecule has 0 aromatic carbocycles. The monoisotopic (exact) mass is 833 g/mol. The Kier molecular flexibility index (Phi) is 8.58. The van der Waals surface area contributed by atoms with Crippen molar-refractivity contribution in [2.24, 2.45) is 0 Å². The molecule has 0 aromatic rings. The fraction of sp³-hybridized carbons (Fsp3) is 0. The zero-order chi connectivity index (χ0) is 7.71. The van der Waals surface area contributed by atoms with Crippen molar-refractivity contribution in [2.75, 3.05) is 0 Å². The van der Waals surface area contributed by atoms with Crippen molar-refractivity contribution in [2.45, 2.75) is 0 Å². The Balaban J connectivity index is 3.75. The molecular formula is I6OSi2. The quantitative estimate of drug-likeness (QED) is 0.227. The summed E-state index contributed by atoms with van der Waals surface area (Å²) >= 11 is 14.5. The largest absolute Gasteiger partial charge is 0.411 e. The molecule has 9 heavy (non-hydrogen) atoms. The lowest BCUT2D eigenvalue weighted by atomic mass is 15.8. The third kappa shape index (κ3) is 12.8. The molecule has 0 saturated carbocycles. The molecular weight excluding hydrogens is 834 g/mol. The van der Waals surface area contributed by atoms with Crippen LogP contribution in [-0.2, 0) is 4.12 Å². The average molecular weight is 834 g/mol. The summed E-state index contributed by atoms with van der Waals surface area (Å²) in [6.45, 7) is 0. The second-order valence-corrected chi connectivity index (χ2v) is 68.1. The SMILES string of the molecule is I[Si](I)(I)O[Si](I)(I)I. The van der Waals surface area contributed by atoms with E-state index in [2.05, 4.69) is 131 Å². The first-order chi connectivity index (χ1) is 3.71. The van der Waals surface area contributed by atoms with Crippen LogP contribution in [0.2, 0.25) is 0 Å². The van der Waals surface area contributed by atoms with Crippen molar-refractivity contribution in [3.05, 3.63) is 0 Å². The van der Waals surface area contributed by atoms with E-state index in [1.807, 2.05) is 0 Å². The van der Waals surface area contributed by atoms with E-state index in [9.17, 15) is 0 Å². The van der Waals surface area contributed by atoms with Crippen molar-refractivity contribution in [3.63, 3.8) is 0 Å². The Morgan fingerprint density at radius 1 is 0.667 bits per heavy atom. The molecule has 0 N–H and O–H groups in total. The molecule has 1 nitrogen and oxygen atoms in total. The molecule has 0 saturated heterocycles. The molecule has 0 aromatic heterocycles. The first-order valence-corrected chi connectivity index (χ1v) is 24.0. The number of hydrogen-bond acceptors (Lipinski definition) is 1. The summed E-state index contributed by atoms with van der Waals surface area (Å²) < 4.78 is 3.14. The van der Waals surface area contributed by atoms with Gasteiger partial charge in [-0.2, -0.15) is 0 Å². The van der Waals surface area contributed by atoms with Crippen molar-refractivity contribution in [1.29, 1.82) is 0 Å². The van der Waals surface area contributed by atoms with Gasteiger partial charge in [0.1, 0.15) is 0 Å². The lowest BCUT2D eigenvalue weighted by Crippen LogP contribution is -2.25. The summed E-state index contributed by atoms with van der Waals surface area (Å²) in [7, 11) is 0. The highest BCUT2D eigenvalue weighted by Crippen LogP contribution is 2.41. The molecule has 0 spiro atoms. The van der Waals surface area contributed by atoms with E-state index in [4.69, 9.17) is 4.12 Å². The van der Waals surface area contributed by atoms with Gasteiger partial charge in [-0.3, -0.25) is 0 Å². The van der Waals surface area contributed by atoms with Gasteiger partial charge >= 0.3 is 1.61 Å².